The number of amides is 1. The van der Waals surface area contributed by atoms with Crippen molar-refractivity contribution >= 4 is 5.91 Å². The fourth-order valence-electron chi connectivity index (χ4n) is 2.94. The van der Waals surface area contributed by atoms with Gasteiger partial charge < -0.3 is 15.0 Å². The molecule has 1 amide bonds. The molecule has 0 aromatic carbocycles. The van der Waals surface area contributed by atoms with Gasteiger partial charge in [-0.1, -0.05) is 6.92 Å². The molecule has 2 saturated heterocycles. The van der Waals surface area contributed by atoms with Crippen LogP contribution in [0.1, 0.15) is 39.0 Å². The lowest BCUT2D eigenvalue weighted by Crippen LogP contribution is -2.52. The average molecular weight is 240 g/mol. The van der Waals surface area contributed by atoms with Crippen molar-refractivity contribution < 1.29 is 9.53 Å². The number of nitrogens with one attached hydrogen (secondary N) is 1. The zero-order valence-corrected chi connectivity index (χ0v) is 10.8. The molecule has 0 unspecified atom stereocenters. The third-order valence-corrected chi connectivity index (χ3v) is 3.88. The fraction of sp³-hybridized carbons (Fsp3) is 0.923. The highest BCUT2D eigenvalue weighted by Crippen LogP contribution is 2.22. The number of hydrogen-bond donors (Lipinski definition) is 1. The van der Waals surface area contributed by atoms with Crippen LogP contribution in [0.5, 0.6) is 0 Å². The lowest BCUT2D eigenvalue weighted by atomic mass is 9.98. The van der Waals surface area contributed by atoms with Gasteiger partial charge in [-0.15, -0.1) is 0 Å². The van der Waals surface area contributed by atoms with E-state index >= 15 is 0 Å². The van der Waals surface area contributed by atoms with Crippen LogP contribution in [0, 0.1) is 0 Å². The molecular formula is C13H24N2O2. The second kappa shape index (κ2) is 6.36. The van der Waals surface area contributed by atoms with Crippen LogP contribution in [0.2, 0.25) is 0 Å². The van der Waals surface area contributed by atoms with E-state index < -0.39 is 0 Å². The molecule has 0 bridgehead atoms. The van der Waals surface area contributed by atoms with Crippen molar-refractivity contribution in [3.05, 3.63) is 0 Å². The van der Waals surface area contributed by atoms with E-state index in [0.29, 0.717) is 24.4 Å². The first-order valence-corrected chi connectivity index (χ1v) is 6.92. The fourth-order valence-corrected chi connectivity index (χ4v) is 2.94. The Morgan fingerprint density at radius 2 is 1.76 bits per heavy atom. The molecule has 0 aliphatic carbocycles. The third kappa shape index (κ3) is 3.19. The van der Waals surface area contributed by atoms with Gasteiger partial charge >= 0.3 is 0 Å². The second-order valence-corrected chi connectivity index (χ2v) is 4.98. The lowest BCUT2D eigenvalue weighted by molar-refractivity contribution is -0.138. The molecule has 4 heteroatoms. The topological polar surface area (TPSA) is 41.6 Å². The van der Waals surface area contributed by atoms with Crippen LogP contribution >= 0.6 is 0 Å². The molecule has 0 saturated carbocycles. The van der Waals surface area contributed by atoms with E-state index in [9.17, 15) is 4.79 Å². The second-order valence-electron chi connectivity index (χ2n) is 4.98. The number of hydrogen-bond acceptors (Lipinski definition) is 3. The van der Waals surface area contributed by atoms with Gasteiger partial charge in [0, 0.05) is 31.7 Å². The molecule has 2 aliphatic heterocycles. The van der Waals surface area contributed by atoms with Crippen molar-refractivity contribution in [2.24, 2.45) is 0 Å². The average Bonchev–Trinajstić information content (AvgIpc) is 2.41. The van der Waals surface area contributed by atoms with Gasteiger partial charge in [-0.05, 0) is 38.8 Å². The summed E-state index contributed by atoms with van der Waals surface area (Å²) in [7, 11) is 0. The van der Waals surface area contributed by atoms with Crippen molar-refractivity contribution in [3.8, 4) is 0 Å². The van der Waals surface area contributed by atoms with E-state index in [2.05, 4.69) is 10.2 Å². The number of rotatable bonds is 3. The maximum Gasteiger partial charge on any atom is 0.222 e. The predicted molar refractivity (Wildman–Crippen MR) is 66.9 cm³/mol. The summed E-state index contributed by atoms with van der Waals surface area (Å²) in [4.78, 5) is 14.4. The molecule has 1 N–H and O–H groups in total. The minimum atomic E-state index is 0.323. The first kappa shape index (κ1) is 12.8. The Bertz CT molecular complexity index is 228. The van der Waals surface area contributed by atoms with E-state index in [-0.39, 0.29) is 0 Å². The van der Waals surface area contributed by atoms with E-state index in [0.717, 1.165) is 52.0 Å². The molecule has 2 rings (SSSR count). The minimum absolute atomic E-state index is 0.323. The first-order valence-electron chi connectivity index (χ1n) is 6.92. The van der Waals surface area contributed by atoms with Gasteiger partial charge in [0.1, 0.15) is 0 Å². The quantitative estimate of drug-likeness (QED) is 0.805. The third-order valence-electron chi connectivity index (χ3n) is 3.88. The van der Waals surface area contributed by atoms with Gasteiger partial charge in [-0.2, -0.15) is 0 Å². The summed E-state index contributed by atoms with van der Waals surface area (Å²) >= 11 is 0. The SMILES string of the molecule is CCC(=O)N(C1CCNCC1)C1CCOCC1. The normalized spacial score (nSPS) is 23.6. The summed E-state index contributed by atoms with van der Waals surface area (Å²) < 4.78 is 5.40. The lowest BCUT2D eigenvalue weighted by Gasteiger charge is -2.41. The van der Waals surface area contributed by atoms with Crippen LogP contribution in [0.25, 0.3) is 0 Å². The van der Waals surface area contributed by atoms with Crippen molar-refractivity contribution in [1.82, 2.24) is 10.2 Å². The molecular weight excluding hydrogens is 216 g/mol. The van der Waals surface area contributed by atoms with E-state index in [1.807, 2.05) is 6.92 Å². The van der Waals surface area contributed by atoms with E-state index in [1.54, 1.807) is 0 Å². The smallest absolute Gasteiger partial charge is 0.222 e. The number of carbonyl (C=O) groups is 1. The summed E-state index contributed by atoms with van der Waals surface area (Å²) in [5.74, 6) is 0.323. The van der Waals surface area contributed by atoms with Crippen molar-refractivity contribution in [2.45, 2.75) is 51.1 Å². The maximum atomic E-state index is 12.2. The number of carbonyl (C=O) groups excluding carboxylic acids is 1. The molecule has 0 atom stereocenters. The Balaban J connectivity index is 2.02. The van der Waals surface area contributed by atoms with Crippen LogP contribution in [0.15, 0.2) is 0 Å². The zero-order valence-electron chi connectivity index (χ0n) is 10.8. The number of nitrogens with zero attached hydrogens (tertiary/aromatic N) is 1. The van der Waals surface area contributed by atoms with Gasteiger partial charge in [-0.25, -0.2) is 0 Å². The Morgan fingerprint density at radius 3 is 2.35 bits per heavy atom. The first-order chi connectivity index (χ1) is 8.33. The van der Waals surface area contributed by atoms with Crippen LogP contribution in [-0.2, 0) is 9.53 Å². The summed E-state index contributed by atoms with van der Waals surface area (Å²) in [6.07, 6.45) is 4.85. The molecule has 0 aromatic rings. The van der Waals surface area contributed by atoms with Gasteiger partial charge in [0.15, 0.2) is 0 Å². The summed E-state index contributed by atoms with van der Waals surface area (Å²) in [5, 5.41) is 3.37. The molecule has 2 heterocycles. The summed E-state index contributed by atoms with van der Waals surface area (Å²) in [6.45, 7) is 5.67. The molecule has 0 radical (unpaired) electrons. The molecule has 0 spiro atoms. The summed E-state index contributed by atoms with van der Waals surface area (Å²) in [6, 6.07) is 0.867. The molecule has 2 fully saturated rings. The van der Waals surface area contributed by atoms with Crippen molar-refractivity contribution in [3.63, 3.8) is 0 Å². The zero-order chi connectivity index (χ0) is 12.1. The molecule has 0 aromatic heterocycles. The van der Waals surface area contributed by atoms with Crippen molar-refractivity contribution in [1.29, 1.82) is 0 Å². The predicted octanol–water partition coefficient (Wildman–Crippen LogP) is 1.16. The Kier molecular flexibility index (Phi) is 4.80. The van der Waals surface area contributed by atoms with Crippen LogP contribution in [0.3, 0.4) is 0 Å². The van der Waals surface area contributed by atoms with Crippen molar-refractivity contribution in [2.75, 3.05) is 26.3 Å². The van der Waals surface area contributed by atoms with Gasteiger partial charge in [0.2, 0.25) is 5.91 Å². The van der Waals surface area contributed by atoms with Gasteiger partial charge in [-0.3, -0.25) is 4.79 Å². The van der Waals surface area contributed by atoms with Crippen LogP contribution in [0.4, 0.5) is 0 Å². The highest BCUT2D eigenvalue weighted by molar-refractivity contribution is 5.76. The Labute approximate surface area is 104 Å². The Hall–Kier alpha value is -0.610. The molecule has 2 aliphatic rings. The summed E-state index contributed by atoms with van der Waals surface area (Å²) in [5.41, 5.74) is 0. The van der Waals surface area contributed by atoms with Crippen LogP contribution in [-0.4, -0.2) is 49.2 Å². The monoisotopic (exact) mass is 240 g/mol. The van der Waals surface area contributed by atoms with E-state index in [1.165, 1.54) is 0 Å². The van der Waals surface area contributed by atoms with E-state index in [4.69, 9.17) is 4.74 Å². The molecule has 4 nitrogen and oxygen atoms in total. The number of ether oxygens (including phenoxy) is 1. The highest BCUT2D eigenvalue weighted by atomic mass is 16.5. The molecule has 98 valence electrons. The van der Waals surface area contributed by atoms with Crippen LogP contribution < -0.4 is 5.32 Å². The largest absolute Gasteiger partial charge is 0.381 e. The highest BCUT2D eigenvalue weighted by Gasteiger charge is 2.31. The number of piperidine rings is 1. The minimum Gasteiger partial charge on any atom is -0.381 e. The Morgan fingerprint density at radius 1 is 1.18 bits per heavy atom. The van der Waals surface area contributed by atoms with Gasteiger partial charge in [0.25, 0.3) is 0 Å². The molecule has 17 heavy (non-hydrogen) atoms. The van der Waals surface area contributed by atoms with Gasteiger partial charge in [0.05, 0.1) is 0 Å². The maximum absolute atomic E-state index is 12.2. The standard InChI is InChI=1S/C13H24N2O2/c1-2-13(16)15(11-3-7-14-8-4-11)12-5-9-17-10-6-12/h11-12,14H,2-10H2,1H3.